The molecule has 0 bridgehead atoms. The molecule has 0 aliphatic rings. The molecule has 1 heterocycles. The lowest BCUT2D eigenvalue weighted by molar-refractivity contribution is 0.112. The number of hydrogen-bond acceptors (Lipinski definition) is 2. The number of carbonyl (C=O) groups excluding carboxylic acids is 1. The molecule has 0 saturated heterocycles. The number of nitrogens with zero attached hydrogens (tertiary/aromatic N) is 1. The molecule has 0 N–H and O–H groups in total. The summed E-state index contributed by atoms with van der Waals surface area (Å²) >= 11 is 0. The molecule has 2 nitrogen and oxygen atoms in total. The summed E-state index contributed by atoms with van der Waals surface area (Å²) in [4.78, 5) is 14.9. The number of benzene rings is 1. The first kappa shape index (κ1) is 10.5. The first-order valence-electron chi connectivity index (χ1n) is 4.93. The highest BCUT2D eigenvalue weighted by atomic mass is 19.1. The van der Waals surface area contributed by atoms with E-state index in [9.17, 15) is 9.18 Å². The predicted octanol–water partition coefficient (Wildman–Crippen LogP) is 2.62. The standard InChI is InChI=1S/C13H10FNO/c14-12-5-4-10(9-16)11(7-12)8-13-3-1-2-6-15-13/h1-7,9H,8H2. The minimum absolute atomic E-state index is 0.337. The Hall–Kier alpha value is -2.03. The summed E-state index contributed by atoms with van der Waals surface area (Å²) in [6.45, 7) is 0. The van der Waals surface area contributed by atoms with Crippen LogP contribution in [0.15, 0.2) is 42.6 Å². The van der Waals surface area contributed by atoms with E-state index in [1.54, 1.807) is 6.20 Å². The minimum atomic E-state index is -0.337. The summed E-state index contributed by atoms with van der Waals surface area (Å²) in [6, 6.07) is 9.67. The molecule has 0 amide bonds. The van der Waals surface area contributed by atoms with Crippen LogP contribution in [0.25, 0.3) is 0 Å². The molecule has 0 radical (unpaired) electrons. The van der Waals surface area contributed by atoms with Crippen LogP contribution in [0, 0.1) is 5.82 Å². The van der Waals surface area contributed by atoms with Gasteiger partial charge in [-0.25, -0.2) is 4.39 Å². The number of aromatic nitrogens is 1. The Kier molecular flexibility index (Phi) is 3.05. The maximum absolute atomic E-state index is 13.0. The Morgan fingerprint density at radius 1 is 1.25 bits per heavy atom. The van der Waals surface area contributed by atoms with Crippen LogP contribution in [0.4, 0.5) is 4.39 Å². The van der Waals surface area contributed by atoms with Gasteiger partial charge in [0, 0.05) is 23.9 Å². The third-order valence-electron chi connectivity index (χ3n) is 2.33. The largest absolute Gasteiger partial charge is 0.298 e. The zero-order valence-electron chi connectivity index (χ0n) is 8.56. The highest BCUT2D eigenvalue weighted by Crippen LogP contribution is 2.13. The predicted molar refractivity (Wildman–Crippen MR) is 58.8 cm³/mol. The lowest BCUT2D eigenvalue weighted by Crippen LogP contribution is -1.97. The summed E-state index contributed by atoms with van der Waals surface area (Å²) in [5, 5.41) is 0. The first-order valence-corrected chi connectivity index (χ1v) is 4.93. The van der Waals surface area contributed by atoms with E-state index in [-0.39, 0.29) is 5.82 Å². The molecule has 0 aliphatic carbocycles. The second-order valence-electron chi connectivity index (χ2n) is 3.46. The van der Waals surface area contributed by atoms with E-state index in [4.69, 9.17) is 0 Å². The van der Waals surface area contributed by atoms with Crippen LogP contribution < -0.4 is 0 Å². The maximum Gasteiger partial charge on any atom is 0.150 e. The summed E-state index contributed by atoms with van der Waals surface area (Å²) in [5.41, 5.74) is 1.98. The molecule has 80 valence electrons. The fourth-order valence-corrected chi connectivity index (χ4v) is 1.54. The van der Waals surface area contributed by atoms with E-state index in [2.05, 4.69) is 4.98 Å². The van der Waals surface area contributed by atoms with Gasteiger partial charge < -0.3 is 0 Å². The van der Waals surface area contributed by atoms with Gasteiger partial charge in [-0.15, -0.1) is 0 Å². The van der Waals surface area contributed by atoms with Crippen molar-refractivity contribution in [3.63, 3.8) is 0 Å². The summed E-state index contributed by atoms with van der Waals surface area (Å²) < 4.78 is 13.0. The van der Waals surface area contributed by atoms with Crippen molar-refractivity contribution in [3.05, 3.63) is 65.2 Å². The quantitative estimate of drug-likeness (QED) is 0.737. The van der Waals surface area contributed by atoms with Gasteiger partial charge in [-0.2, -0.15) is 0 Å². The van der Waals surface area contributed by atoms with E-state index < -0.39 is 0 Å². The van der Waals surface area contributed by atoms with Crippen molar-refractivity contribution >= 4 is 6.29 Å². The zero-order chi connectivity index (χ0) is 11.4. The van der Waals surface area contributed by atoms with Crippen molar-refractivity contribution in [1.82, 2.24) is 4.98 Å². The Bertz CT molecular complexity index is 497. The molecule has 16 heavy (non-hydrogen) atoms. The average molecular weight is 215 g/mol. The van der Waals surface area contributed by atoms with Gasteiger partial charge >= 0.3 is 0 Å². The normalized spacial score (nSPS) is 10.1. The van der Waals surface area contributed by atoms with Crippen LogP contribution >= 0.6 is 0 Å². The average Bonchev–Trinajstić information content (AvgIpc) is 2.31. The number of hydrogen-bond donors (Lipinski definition) is 0. The van der Waals surface area contributed by atoms with Crippen LogP contribution in [0.1, 0.15) is 21.6 Å². The Balaban J connectivity index is 2.33. The van der Waals surface area contributed by atoms with Gasteiger partial charge in [0.1, 0.15) is 12.1 Å². The molecule has 0 saturated carbocycles. The van der Waals surface area contributed by atoms with Crippen molar-refractivity contribution in [3.8, 4) is 0 Å². The molecule has 1 aromatic carbocycles. The maximum atomic E-state index is 13.0. The highest BCUT2D eigenvalue weighted by Gasteiger charge is 2.05. The highest BCUT2D eigenvalue weighted by molar-refractivity contribution is 5.77. The van der Waals surface area contributed by atoms with Crippen molar-refractivity contribution in [2.75, 3.05) is 0 Å². The van der Waals surface area contributed by atoms with E-state index in [0.717, 1.165) is 12.0 Å². The number of aldehydes is 1. The van der Waals surface area contributed by atoms with Crippen LogP contribution in [-0.2, 0) is 6.42 Å². The fourth-order valence-electron chi connectivity index (χ4n) is 1.54. The third-order valence-corrected chi connectivity index (χ3v) is 2.33. The fraction of sp³-hybridized carbons (Fsp3) is 0.0769. The molecule has 0 unspecified atom stereocenters. The number of rotatable bonds is 3. The van der Waals surface area contributed by atoms with Gasteiger partial charge in [-0.3, -0.25) is 9.78 Å². The lowest BCUT2D eigenvalue weighted by Gasteiger charge is -2.04. The van der Waals surface area contributed by atoms with Crippen LogP contribution in [0.2, 0.25) is 0 Å². The van der Waals surface area contributed by atoms with Crippen LogP contribution in [0.3, 0.4) is 0 Å². The molecule has 2 rings (SSSR count). The molecule has 0 spiro atoms. The van der Waals surface area contributed by atoms with Gasteiger partial charge in [-0.1, -0.05) is 6.07 Å². The summed E-state index contributed by atoms with van der Waals surface area (Å²) in [5.74, 6) is -0.337. The van der Waals surface area contributed by atoms with Gasteiger partial charge in [0.05, 0.1) is 0 Å². The van der Waals surface area contributed by atoms with Gasteiger partial charge in [0.15, 0.2) is 0 Å². The molecule has 3 heteroatoms. The molecule has 2 aromatic rings. The minimum Gasteiger partial charge on any atom is -0.298 e. The Morgan fingerprint density at radius 2 is 2.12 bits per heavy atom. The van der Waals surface area contributed by atoms with Crippen molar-refractivity contribution in [2.45, 2.75) is 6.42 Å². The van der Waals surface area contributed by atoms with Crippen LogP contribution in [0.5, 0.6) is 0 Å². The number of pyridine rings is 1. The Morgan fingerprint density at radius 3 is 2.81 bits per heavy atom. The zero-order valence-corrected chi connectivity index (χ0v) is 8.56. The molecule has 0 aliphatic heterocycles. The van der Waals surface area contributed by atoms with Gasteiger partial charge in [0.25, 0.3) is 0 Å². The third kappa shape index (κ3) is 2.31. The van der Waals surface area contributed by atoms with E-state index >= 15 is 0 Å². The second kappa shape index (κ2) is 4.66. The van der Waals surface area contributed by atoms with Crippen LogP contribution in [-0.4, -0.2) is 11.3 Å². The lowest BCUT2D eigenvalue weighted by atomic mass is 10.0. The summed E-state index contributed by atoms with van der Waals surface area (Å²) in [7, 11) is 0. The second-order valence-corrected chi connectivity index (χ2v) is 3.46. The van der Waals surface area contributed by atoms with Crippen molar-refractivity contribution < 1.29 is 9.18 Å². The topological polar surface area (TPSA) is 30.0 Å². The molecule has 0 atom stereocenters. The monoisotopic (exact) mass is 215 g/mol. The SMILES string of the molecule is O=Cc1ccc(F)cc1Cc1ccccn1. The first-order chi connectivity index (χ1) is 7.79. The Labute approximate surface area is 92.8 Å². The van der Waals surface area contributed by atoms with Crippen molar-refractivity contribution in [2.24, 2.45) is 0 Å². The van der Waals surface area contributed by atoms with Gasteiger partial charge in [0.2, 0.25) is 0 Å². The molecular formula is C13H10FNO. The molecular weight excluding hydrogens is 205 g/mol. The van der Waals surface area contributed by atoms with E-state index in [1.807, 2.05) is 18.2 Å². The number of carbonyl (C=O) groups is 1. The van der Waals surface area contributed by atoms with E-state index in [0.29, 0.717) is 17.5 Å². The summed E-state index contributed by atoms with van der Waals surface area (Å²) in [6.07, 6.45) is 2.87. The van der Waals surface area contributed by atoms with Gasteiger partial charge in [-0.05, 0) is 35.9 Å². The number of halogens is 1. The molecule has 1 aromatic heterocycles. The molecule has 0 fully saturated rings. The van der Waals surface area contributed by atoms with E-state index in [1.165, 1.54) is 18.2 Å². The van der Waals surface area contributed by atoms with Crippen molar-refractivity contribution in [1.29, 1.82) is 0 Å². The smallest absolute Gasteiger partial charge is 0.150 e.